The molecule has 0 fully saturated rings. The van der Waals surface area contributed by atoms with Gasteiger partial charge in [-0.1, -0.05) is 57.2 Å². The molecule has 1 aromatic carbocycles. The van der Waals surface area contributed by atoms with Crippen LogP contribution in [0.2, 0.25) is 0 Å². The van der Waals surface area contributed by atoms with E-state index in [-0.39, 0.29) is 24.0 Å². The van der Waals surface area contributed by atoms with Gasteiger partial charge in [0.25, 0.3) is 5.91 Å². The summed E-state index contributed by atoms with van der Waals surface area (Å²) < 4.78 is 78.6. The summed E-state index contributed by atoms with van der Waals surface area (Å²) in [4.78, 5) is 14.6. The van der Waals surface area contributed by atoms with Gasteiger partial charge >= 0.3 is 12.4 Å². The van der Waals surface area contributed by atoms with Crippen molar-refractivity contribution >= 4 is 12.0 Å². The third kappa shape index (κ3) is 9.78. The monoisotopic (exact) mass is 501 g/mol. The number of amides is 1. The van der Waals surface area contributed by atoms with Gasteiger partial charge in [0.1, 0.15) is 0 Å². The Bertz CT molecular complexity index is 961. The molecule has 0 bridgehead atoms. The minimum Gasteiger partial charge on any atom is -0.339 e. The molecule has 0 aliphatic heterocycles. The molecule has 0 aromatic heterocycles. The number of rotatable bonds is 11. The first-order valence-electron chi connectivity index (χ1n) is 11.5. The van der Waals surface area contributed by atoms with Crippen molar-refractivity contribution in [3.63, 3.8) is 0 Å². The second kappa shape index (κ2) is 13.4. The van der Waals surface area contributed by atoms with Crippen molar-refractivity contribution in [3.05, 3.63) is 76.4 Å². The third-order valence-corrected chi connectivity index (χ3v) is 5.29. The number of hydrogen-bond acceptors (Lipinski definition) is 1. The van der Waals surface area contributed by atoms with Crippen LogP contribution in [0.25, 0.3) is 6.08 Å². The Balaban J connectivity index is 3.13. The highest BCUT2D eigenvalue weighted by Crippen LogP contribution is 2.34. The van der Waals surface area contributed by atoms with Crippen LogP contribution in [0, 0.1) is 6.92 Å². The molecule has 2 nitrogen and oxygen atoms in total. The van der Waals surface area contributed by atoms with Gasteiger partial charge in [0, 0.05) is 24.2 Å². The molecule has 0 atom stereocenters. The summed E-state index contributed by atoms with van der Waals surface area (Å²) in [5.74, 6) is -0.0943. The molecule has 0 N–H and O–H groups in total. The van der Waals surface area contributed by atoms with Crippen molar-refractivity contribution in [1.82, 2.24) is 4.90 Å². The summed E-state index contributed by atoms with van der Waals surface area (Å²) in [5.41, 5.74) is -0.270. The first-order valence-corrected chi connectivity index (χ1v) is 11.5. The summed E-state index contributed by atoms with van der Waals surface area (Å²) in [7, 11) is 0. The molecule has 0 aliphatic rings. The van der Waals surface area contributed by atoms with Gasteiger partial charge in [0.05, 0.1) is 5.57 Å². The lowest BCUT2D eigenvalue weighted by Gasteiger charge is -2.22. The number of aryl methyl sites for hydroxylation is 1. The number of nitrogens with zero attached hydrogens (tertiary/aromatic N) is 1. The number of carbonyl (C=O) groups excluding carboxylic acids is 1. The van der Waals surface area contributed by atoms with Gasteiger partial charge in [-0.15, -0.1) is 0 Å². The van der Waals surface area contributed by atoms with Crippen molar-refractivity contribution in [2.24, 2.45) is 0 Å². The second-order valence-corrected chi connectivity index (χ2v) is 8.24. The van der Waals surface area contributed by atoms with E-state index in [0.29, 0.717) is 30.3 Å². The highest BCUT2D eigenvalue weighted by molar-refractivity contribution is 5.95. The van der Waals surface area contributed by atoms with E-state index in [2.05, 4.69) is 6.58 Å². The van der Waals surface area contributed by atoms with E-state index in [9.17, 15) is 31.1 Å². The van der Waals surface area contributed by atoms with Gasteiger partial charge in [-0.3, -0.25) is 4.79 Å². The van der Waals surface area contributed by atoms with Crippen LogP contribution in [-0.2, 0) is 0 Å². The van der Waals surface area contributed by atoms with Crippen molar-refractivity contribution in [1.29, 1.82) is 0 Å². The molecule has 1 amide bonds. The Hall–Kier alpha value is -2.77. The molecule has 35 heavy (non-hydrogen) atoms. The minimum absolute atomic E-state index is 0.0943. The first-order chi connectivity index (χ1) is 16.2. The van der Waals surface area contributed by atoms with Crippen molar-refractivity contribution in [3.8, 4) is 0 Å². The van der Waals surface area contributed by atoms with Crippen LogP contribution < -0.4 is 0 Å². The van der Waals surface area contributed by atoms with Gasteiger partial charge < -0.3 is 4.90 Å². The minimum atomic E-state index is -4.93. The molecule has 0 unspecified atom stereocenters. The van der Waals surface area contributed by atoms with E-state index in [1.54, 1.807) is 29.2 Å². The number of hydrogen-bond donors (Lipinski definition) is 0. The summed E-state index contributed by atoms with van der Waals surface area (Å²) in [6.07, 6.45) is -4.96. The predicted molar refractivity (Wildman–Crippen MR) is 129 cm³/mol. The zero-order chi connectivity index (χ0) is 26.8. The van der Waals surface area contributed by atoms with E-state index in [0.717, 1.165) is 25.3 Å². The predicted octanol–water partition coefficient (Wildman–Crippen LogP) is 8.60. The van der Waals surface area contributed by atoms with Crippen LogP contribution >= 0.6 is 0 Å². The Labute approximate surface area is 203 Å². The zero-order valence-corrected chi connectivity index (χ0v) is 20.6. The van der Waals surface area contributed by atoms with Gasteiger partial charge in [0.2, 0.25) is 0 Å². The third-order valence-electron chi connectivity index (χ3n) is 5.29. The molecule has 0 saturated heterocycles. The average Bonchev–Trinajstić information content (AvgIpc) is 2.76. The maximum absolute atomic E-state index is 13.3. The van der Waals surface area contributed by atoms with Crippen LogP contribution in [-0.4, -0.2) is 36.2 Å². The second-order valence-electron chi connectivity index (χ2n) is 8.24. The van der Waals surface area contributed by atoms with E-state index >= 15 is 0 Å². The molecular weight excluding hydrogens is 468 g/mol. The number of alkyl halides is 6. The molecule has 194 valence electrons. The van der Waals surface area contributed by atoms with Crippen LogP contribution in [0.3, 0.4) is 0 Å². The van der Waals surface area contributed by atoms with E-state index in [1.807, 2.05) is 20.8 Å². The average molecular weight is 502 g/mol. The molecule has 1 rings (SSSR count). The van der Waals surface area contributed by atoms with Crippen LogP contribution in [0.15, 0.2) is 59.7 Å². The van der Waals surface area contributed by atoms with Crippen LogP contribution in [0.1, 0.15) is 67.9 Å². The SMILES string of the molecule is C=C(/C=C\c1cc(C(=O)N(CCC)CCC)ccc1C)C/C=C(\C=C(/CC)C(F)(F)F)C(F)(F)F. The zero-order valence-electron chi connectivity index (χ0n) is 20.6. The lowest BCUT2D eigenvalue weighted by atomic mass is 10.0. The lowest BCUT2D eigenvalue weighted by molar-refractivity contribution is -0.0970. The quantitative estimate of drug-likeness (QED) is 0.220. The molecule has 0 aliphatic carbocycles. The molecule has 0 radical (unpaired) electrons. The molecular formula is C27H33F6NO. The Morgan fingerprint density at radius 3 is 2.09 bits per heavy atom. The molecule has 0 saturated carbocycles. The van der Waals surface area contributed by atoms with Gasteiger partial charge in [-0.05, 0) is 61.9 Å². The Morgan fingerprint density at radius 2 is 1.60 bits per heavy atom. The largest absolute Gasteiger partial charge is 0.416 e. The van der Waals surface area contributed by atoms with Gasteiger partial charge in [-0.2, -0.15) is 26.3 Å². The van der Waals surface area contributed by atoms with Crippen LogP contribution in [0.5, 0.6) is 0 Å². The molecule has 0 spiro atoms. The summed E-state index contributed by atoms with van der Waals surface area (Å²) >= 11 is 0. The van der Waals surface area contributed by atoms with Crippen molar-refractivity contribution in [2.45, 2.75) is 65.7 Å². The summed E-state index contributed by atoms with van der Waals surface area (Å²) in [6.45, 7) is 12.0. The van der Waals surface area contributed by atoms with E-state index in [4.69, 9.17) is 0 Å². The fourth-order valence-corrected chi connectivity index (χ4v) is 3.34. The Morgan fingerprint density at radius 1 is 1.00 bits per heavy atom. The van der Waals surface area contributed by atoms with E-state index in [1.165, 1.54) is 6.08 Å². The van der Waals surface area contributed by atoms with Gasteiger partial charge in [0.15, 0.2) is 0 Å². The Kier molecular flexibility index (Phi) is 11.5. The number of allylic oxidation sites excluding steroid dienone is 6. The van der Waals surface area contributed by atoms with E-state index < -0.39 is 29.9 Å². The lowest BCUT2D eigenvalue weighted by Crippen LogP contribution is -2.32. The molecule has 0 heterocycles. The maximum atomic E-state index is 13.3. The molecule has 8 heteroatoms. The fourth-order valence-electron chi connectivity index (χ4n) is 3.34. The summed E-state index contributed by atoms with van der Waals surface area (Å²) in [5, 5.41) is 0. The molecule has 1 aromatic rings. The first kappa shape index (κ1) is 30.3. The standard InChI is InChI=1S/C27H33F6NO/c1-6-15-34(16-7-2)25(35)22-13-11-20(5)21(17-22)12-9-19(4)10-14-24(27(31,32)33)18-23(8-3)26(28,29)30/h9,11-14,17-18H,4,6-8,10,15-16H2,1-3,5H3/b12-9-,23-18+,24-14+. The normalized spacial score (nSPS) is 13.4. The highest BCUT2D eigenvalue weighted by Gasteiger charge is 2.37. The smallest absolute Gasteiger partial charge is 0.339 e. The number of benzene rings is 1. The maximum Gasteiger partial charge on any atom is 0.416 e. The topological polar surface area (TPSA) is 20.3 Å². The fraction of sp³-hybridized carbons (Fsp3) is 0.444. The summed E-state index contributed by atoms with van der Waals surface area (Å²) in [6, 6.07) is 5.25. The number of carbonyl (C=O) groups is 1. The number of halogens is 6. The van der Waals surface area contributed by atoms with Gasteiger partial charge in [-0.25, -0.2) is 0 Å². The highest BCUT2D eigenvalue weighted by atomic mass is 19.4. The van der Waals surface area contributed by atoms with Crippen molar-refractivity contribution < 1.29 is 31.1 Å². The van der Waals surface area contributed by atoms with Crippen LogP contribution in [0.4, 0.5) is 26.3 Å². The van der Waals surface area contributed by atoms with Crippen molar-refractivity contribution in [2.75, 3.05) is 13.1 Å².